The Balaban J connectivity index is 1.69. The highest BCUT2D eigenvalue weighted by atomic mass is 35.5. The molecule has 1 aromatic carbocycles. The summed E-state index contributed by atoms with van der Waals surface area (Å²) in [5.74, 6) is 0.0785. The number of ether oxygens (including phenoxy) is 1. The minimum absolute atomic E-state index is 0.0399. The van der Waals surface area contributed by atoms with Crippen LogP contribution in [0.1, 0.15) is 0 Å². The number of carbonyl (C=O) groups is 1. The number of aromatic nitrogens is 2. The van der Waals surface area contributed by atoms with Crippen molar-refractivity contribution in [2.24, 2.45) is 0 Å². The fourth-order valence-corrected chi connectivity index (χ4v) is 1.77. The fraction of sp³-hybridized carbons (Fsp3) is 0.231. The van der Waals surface area contributed by atoms with Crippen LogP contribution < -0.4 is 10.1 Å². The van der Waals surface area contributed by atoms with Gasteiger partial charge in [0.05, 0.1) is 6.54 Å². The number of benzene rings is 1. The molecule has 8 nitrogen and oxygen atoms in total. The molecule has 9 heteroatoms. The third-order valence-corrected chi connectivity index (χ3v) is 2.89. The molecule has 2 aromatic rings. The van der Waals surface area contributed by atoms with Gasteiger partial charge in [0.1, 0.15) is 25.1 Å². The van der Waals surface area contributed by atoms with E-state index in [1.165, 1.54) is 17.1 Å². The van der Waals surface area contributed by atoms with Crippen molar-refractivity contribution in [1.82, 2.24) is 14.9 Å². The molecule has 0 bridgehead atoms. The molecule has 0 aliphatic carbocycles. The Morgan fingerprint density at radius 2 is 2.14 bits per heavy atom. The van der Waals surface area contributed by atoms with Crippen LogP contribution >= 0.6 is 11.6 Å². The van der Waals surface area contributed by atoms with E-state index in [-0.39, 0.29) is 18.3 Å². The number of hydrogen-bond donors (Lipinski definition) is 1. The van der Waals surface area contributed by atoms with Gasteiger partial charge in [0.25, 0.3) is 0 Å². The minimum atomic E-state index is -0.617. The van der Waals surface area contributed by atoms with E-state index in [4.69, 9.17) is 16.3 Å². The highest BCUT2D eigenvalue weighted by molar-refractivity contribution is 6.30. The second-order valence-electron chi connectivity index (χ2n) is 4.31. The lowest BCUT2D eigenvalue weighted by Crippen LogP contribution is -2.30. The monoisotopic (exact) mass is 324 g/mol. The molecule has 1 amide bonds. The summed E-state index contributed by atoms with van der Waals surface area (Å²) in [6.07, 6.45) is 2.44. The van der Waals surface area contributed by atoms with Crippen LogP contribution in [0.2, 0.25) is 5.02 Å². The largest absolute Gasteiger partial charge is 0.492 e. The maximum atomic E-state index is 11.6. The predicted molar refractivity (Wildman–Crippen MR) is 78.8 cm³/mol. The molecule has 22 heavy (non-hydrogen) atoms. The SMILES string of the molecule is O=C(Cn1cnc([N+](=O)[O-])c1)NCCOc1ccc(Cl)cc1. The van der Waals surface area contributed by atoms with E-state index in [9.17, 15) is 14.9 Å². The van der Waals surface area contributed by atoms with Crippen LogP contribution in [0.5, 0.6) is 5.75 Å². The number of nitrogens with zero attached hydrogens (tertiary/aromatic N) is 3. The van der Waals surface area contributed by atoms with E-state index in [0.717, 1.165) is 0 Å². The van der Waals surface area contributed by atoms with Crippen molar-refractivity contribution in [2.45, 2.75) is 6.54 Å². The standard InChI is InChI=1S/C13H13ClN4O4/c14-10-1-3-11(4-2-10)22-6-5-15-13(19)8-17-7-12(16-9-17)18(20)21/h1-4,7,9H,5-6,8H2,(H,15,19). The van der Waals surface area contributed by atoms with Crippen molar-refractivity contribution >= 4 is 23.3 Å². The molecule has 116 valence electrons. The quantitative estimate of drug-likeness (QED) is 0.474. The zero-order valence-corrected chi connectivity index (χ0v) is 12.2. The average Bonchev–Trinajstić information content (AvgIpc) is 2.94. The third kappa shape index (κ3) is 4.74. The van der Waals surface area contributed by atoms with E-state index in [2.05, 4.69) is 10.3 Å². The Morgan fingerprint density at radius 3 is 2.77 bits per heavy atom. The molecule has 0 unspecified atom stereocenters. The van der Waals surface area contributed by atoms with Crippen LogP contribution in [0, 0.1) is 10.1 Å². The Morgan fingerprint density at radius 1 is 1.41 bits per heavy atom. The van der Waals surface area contributed by atoms with E-state index in [1.807, 2.05) is 0 Å². The Bertz CT molecular complexity index is 656. The van der Waals surface area contributed by atoms with Gasteiger partial charge in [-0.3, -0.25) is 4.79 Å². The van der Waals surface area contributed by atoms with Crippen LogP contribution in [0.3, 0.4) is 0 Å². The second kappa shape index (κ2) is 7.41. The number of hydrogen-bond acceptors (Lipinski definition) is 5. The van der Waals surface area contributed by atoms with Crippen LogP contribution in [-0.4, -0.2) is 33.5 Å². The van der Waals surface area contributed by atoms with Gasteiger partial charge in [-0.2, -0.15) is 0 Å². The van der Waals surface area contributed by atoms with Crippen LogP contribution in [0.4, 0.5) is 5.82 Å². The van der Waals surface area contributed by atoms with Crippen LogP contribution in [0.25, 0.3) is 0 Å². The van der Waals surface area contributed by atoms with E-state index in [1.54, 1.807) is 24.3 Å². The molecule has 0 radical (unpaired) electrons. The molecule has 0 saturated carbocycles. The number of amides is 1. The van der Waals surface area contributed by atoms with E-state index < -0.39 is 4.92 Å². The lowest BCUT2D eigenvalue weighted by Gasteiger charge is -2.07. The normalized spacial score (nSPS) is 10.2. The lowest BCUT2D eigenvalue weighted by atomic mass is 10.3. The summed E-state index contributed by atoms with van der Waals surface area (Å²) in [4.78, 5) is 25.1. The van der Waals surface area contributed by atoms with Gasteiger partial charge in [-0.05, 0) is 34.2 Å². The summed E-state index contributed by atoms with van der Waals surface area (Å²) in [6.45, 7) is 0.581. The van der Waals surface area contributed by atoms with E-state index >= 15 is 0 Å². The first-order chi connectivity index (χ1) is 10.5. The molecule has 0 aliphatic rings. The number of rotatable bonds is 7. The summed E-state index contributed by atoms with van der Waals surface area (Å²) in [5.41, 5.74) is 0. The lowest BCUT2D eigenvalue weighted by molar-refractivity contribution is -0.389. The number of imidazole rings is 1. The van der Waals surface area contributed by atoms with Gasteiger partial charge in [-0.25, -0.2) is 0 Å². The van der Waals surface area contributed by atoms with Crippen molar-refractivity contribution in [2.75, 3.05) is 13.2 Å². The topological polar surface area (TPSA) is 99.3 Å². The molecular formula is C13H13ClN4O4. The zero-order valence-electron chi connectivity index (χ0n) is 11.4. The van der Waals surface area contributed by atoms with Crippen molar-refractivity contribution in [1.29, 1.82) is 0 Å². The summed E-state index contributed by atoms with van der Waals surface area (Å²) >= 11 is 5.75. The molecule has 1 N–H and O–H groups in total. The molecule has 0 atom stereocenters. The maximum Gasteiger partial charge on any atom is 0.381 e. The minimum Gasteiger partial charge on any atom is -0.492 e. The molecule has 0 saturated heterocycles. The number of nitrogens with one attached hydrogen (secondary N) is 1. The van der Waals surface area contributed by atoms with Gasteiger partial charge < -0.3 is 24.7 Å². The molecule has 2 rings (SSSR count). The molecule has 0 aliphatic heterocycles. The number of carbonyl (C=O) groups excluding carboxylic acids is 1. The summed E-state index contributed by atoms with van der Waals surface area (Å²) < 4.78 is 6.76. The predicted octanol–water partition coefficient (Wildman–Crippen LogP) is 1.64. The molecule has 1 heterocycles. The van der Waals surface area contributed by atoms with Crippen LogP contribution in [-0.2, 0) is 11.3 Å². The molecular weight excluding hydrogens is 312 g/mol. The maximum absolute atomic E-state index is 11.6. The van der Waals surface area contributed by atoms with Gasteiger partial charge in [-0.1, -0.05) is 11.6 Å². The summed E-state index contributed by atoms with van der Waals surface area (Å²) in [7, 11) is 0. The van der Waals surface area contributed by atoms with Gasteiger partial charge >= 0.3 is 5.82 Å². The first-order valence-corrected chi connectivity index (χ1v) is 6.73. The number of nitro groups is 1. The Kier molecular flexibility index (Phi) is 5.31. The fourth-order valence-electron chi connectivity index (χ4n) is 1.64. The van der Waals surface area contributed by atoms with Crippen molar-refractivity contribution in [3.8, 4) is 5.75 Å². The average molecular weight is 325 g/mol. The number of halogens is 1. The summed E-state index contributed by atoms with van der Waals surface area (Å²) in [5, 5.41) is 13.7. The second-order valence-corrected chi connectivity index (χ2v) is 4.75. The van der Waals surface area contributed by atoms with Crippen molar-refractivity contribution < 1.29 is 14.5 Å². The molecule has 1 aromatic heterocycles. The molecule has 0 spiro atoms. The highest BCUT2D eigenvalue weighted by Gasteiger charge is 2.11. The molecule has 0 fully saturated rings. The van der Waals surface area contributed by atoms with Gasteiger partial charge in [0, 0.05) is 5.02 Å². The first-order valence-electron chi connectivity index (χ1n) is 6.36. The van der Waals surface area contributed by atoms with Crippen molar-refractivity contribution in [3.63, 3.8) is 0 Å². The van der Waals surface area contributed by atoms with E-state index in [0.29, 0.717) is 23.9 Å². The van der Waals surface area contributed by atoms with Crippen LogP contribution in [0.15, 0.2) is 36.8 Å². The summed E-state index contributed by atoms with van der Waals surface area (Å²) in [6, 6.07) is 6.88. The van der Waals surface area contributed by atoms with Gasteiger partial charge in [0.2, 0.25) is 12.2 Å². The first kappa shape index (κ1) is 15.8. The van der Waals surface area contributed by atoms with Crippen molar-refractivity contribution in [3.05, 3.63) is 51.9 Å². The Labute approximate surface area is 130 Å². The van der Waals surface area contributed by atoms with Gasteiger partial charge in [0.15, 0.2) is 0 Å². The smallest absolute Gasteiger partial charge is 0.381 e. The highest BCUT2D eigenvalue weighted by Crippen LogP contribution is 2.15. The zero-order chi connectivity index (χ0) is 15.9. The van der Waals surface area contributed by atoms with Gasteiger partial charge in [-0.15, -0.1) is 0 Å². The Hall–Kier alpha value is -2.61. The third-order valence-electron chi connectivity index (χ3n) is 2.64.